The molecule has 0 radical (unpaired) electrons. The van der Waals surface area contributed by atoms with Crippen molar-refractivity contribution in [2.45, 2.75) is 44.8 Å². The molecule has 1 aromatic carbocycles. The van der Waals surface area contributed by atoms with Gasteiger partial charge in [-0.2, -0.15) is 0 Å². The van der Waals surface area contributed by atoms with Crippen molar-refractivity contribution in [1.29, 1.82) is 0 Å². The molecule has 2 N–H and O–H groups in total. The van der Waals surface area contributed by atoms with Crippen LogP contribution in [-0.2, 0) is 6.42 Å². The van der Waals surface area contributed by atoms with Crippen LogP contribution in [0.5, 0.6) is 5.75 Å². The minimum Gasteiger partial charge on any atom is -0.497 e. The Morgan fingerprint density at radius 2 is 2.15 bits per heavy atom. The molecule has 0 aromatic heterocycles. The fourth-order valence-electron chi connectivity index (χ4n) is 3.82. The van der Waals surface area contributed by atoms with Crippen LogP contribution >= 0.6 is 0 Å². The summed E-state index contributed by atoms with van der Waals surface area (Å²) in [5, 5.41) is 14.4. The number of hydrogen-bond acceptors (Lipinski definition) is 3. The van der Waals surface area contributed by atoms with Crippen LogP contribution in [0.2, 0.25) is 0 Å². The van der Waals surface area contributed by atoms with E-state index in [0.717, 1.165) is 36.6 Å². The van der Waals surface area contributed by atoms with Gasteiger partial charge in [-0.3, -0.25) is 0 Å². The fourth-order valence-corrected chi connectivity index (χ4v) is 3.82. The van der Waals surface area contributed by atoms with E-state index in [1.54, 1.807) is 7.11 Å². The Morgan fingerprint density at radius 3 is 2.90 bits per heavy atom. The molecule has 4 unspecified atom stereocenters. The number of ether oxygens (including phenoxy) is 1. The van der Waals surface area contributed by atoms with Gasteiger partial charge in [-0.05, 0) is 61.4 Å². The molecule has 1 fully saturated rings. The monoisotopic (exact) mass is 275 g/mol. The van der Waals surface area contributed by atoms with E-state index in [4.69, 9.17) is 4.74 Å². The molecular weight excluding hydrogens is 250 g/mol. The van der Waals surface area contributed by atoms with Gasteiger partial charge in [-0.15, -0.1) is 0 Å². The van der Waals surface area contributed by atoms with Crippen molar-refractivity contribution in [2.24, 2.45) is 11.8 Å². The van der Waals surface area contributed by atoms with E-state index in [1.165, 1.54) is 18.4 Å². The van der Waals surface area contributed by atoms with Crippen LogP contribution in [0, 0.1) is 11.8 Å². The number of methoxy groups -OCH3 is 1. The second kappa shape index (κ2) is 5.74. The van der Waals surface area contributed by atoms with Gasteiger partial charge in [0, 0.05) is 12.0 Å². The molecule has 110 valence electrons. The van der Waals surface area contributed by atoms with Crippen LogP contribution in [0.15, 0.2) is 18.2 Å². The van der Waals surface area contributed by atoms with Gasteiger partial charge in [0.25, 0.3) is 0 Å². The van der Waals surface area contributed by atoms with Crippen molar-refractivity contribution < 1.29 is 9.84 Å². The summed E-state index contributed by atoms with van der Waals surface area (Å²) in [5.41, 5.74) is 2.35. The highest BCUT2D eigenvalue weighted by molar-refractivity contribution is 5.39. The maximum Gasteiger partial charge on any atom is 0.119 e. The van der Waals surface area contributed by atoms with Gasteiger partial charge >= 0.3 is 0 Å². The zero-order valence-corrected chi connectivity index (χ0v) is 12.4. The van der Waals surface area contributed by atoms with Crippen LogP contribution in [0.25, 0.3) is 0 Å². The third-order valence-corrected chi connectivity index (χ3v) is 5.04. The van der Waals surface area contributed by atoms with Crippen molar-refractivity contribution in [1.82, 2.24) is 5.32 Å². The molecule has 1 saturated heterocycles. The van der Waals surface area contributed by atoms with Gasteiger partial charge in [0.2, 0.25) is 0 Å². The zero-order chi connectivity index (χ0) is 14.1. The third kappa shape index (κ3) is 2.57. The Kier molecular flexibility index (Phi) is 3.99. The van der Waals surface area contributed by atoms with Gasteiger partial charge in [0.05, 0.1) is 13.2 Å². The predicted molar refractivity (Wildman–Crippen MR) is 80.0 cm³/mol. The molecule has 0 spiro atoms. The van der Waals surface area contributed by atoms with Crippen molar-refractivity contribution in [3.05, 3.63) is 29.3 Å². The van der Waals surface area contributed by atoms with E-state index in [-0.39, 0.29) is 6.10 Å². The molecule has 1 heterocycles. The second-order valence-electron chi connectivity index (χ2n) is 6.40. The minimum atomic E-state index is -0.340. The quantitative estimate of drug-likeness (QED) is 0.872. The third-order valence-electron chi connectivity index (χ3n) is 5.04. The Morgan fingerprint density at radius 1 is 1.30 bits per heavy atom. The maximum atomic E-state index is 10.7. The molecule has 1 aromatic rings. The first-order chi connectivity index (χ1) is 9.69. The van der Waals surface area contributed by atoms with Gasteiger partial charge in [0.15, 0.2) is 0 Å². The Labute approximate surface area is 121 Å². The first-order valence-electron chi connectivity index (χ1n) is 7.77. The summed E-state index contributed by atoms with van der Waals surface area (Å²) in [7, 11) is 1.69. The van der Waals surface area contributed by atoms with Crippen molar-refractivity contribution >= 4 is 0 Å². The highest BCUT2D eigenvalue weighted by Gasteiger charge is 2.35. The highest BCUT2D eigenvalue weighted by atomic mass is 16.5. The molecule has 0 bridgehead atoms. The second-order valence-corrected chi connectivity index (χ2v) is 6.40. The molecular formula is C17H25NO2. The average Bonchev–Trinajstić information content (AvgIpc) is 2.47. The molecule has 20 heavy (non-hydrogen) atoms. The molecule has 1 aliphatic carbocycles. The fraction of sp³-hybridized carbons (Fsp3) is 0.647. The lowest BCUT2D eigenvalue weighted by molar-refractivity contribution is 0.0563. The predicted octanol–water partition coefficient (Wildman–Crippen LogP) is 2.68. The Bertz CT molecular complexity index is 474. The molecule has 4 atom stereocenters. The summed E-state index contributed by atoms with van der Waals surface area (Å²) < 4.78 is 5.28. The molecule has 3 heteroatoms. The van der Waals surface area contributed by atoms with Crippen molar-refractivity contribution in [2.75, 3.05) is 13.7 Å². The molecule has 3 rings (SSSR count). The number of rotatable bonds is 2. The number of aliphatic hydroxyl groups excluding tert-OH is 1. The smallest absolute Gasteiger partial charge is 0.119 e. The van der Waals surface area contributed by atoms with Crippen LogP contribution in [0.1, 0.15) is 43.4 Å². The van der Waals surface area contributed by atoms with Crippen LogP contribution in [-0.4, -0.2) is 24.8 Å². The molecule has 0 amide bonds. The van der Waals surface area contributed by atoms with Crippen LogP contribution < -0.4 is 10.1 Å². The lowest BCUT2D eigenvalue weighted by Crippen LogP contribution is -2.45. The van der Waals surface area contributed by atoms with Gasteiger partial charge in [0.1, 0.15) is 5.75 Å². The summed E-state index contributed by atoms with van der Waals surface area (Å²) >= 11 is 0. The molecule has 3 nitrogen and oxygen atoms in total. The number of aliphatic hydroxyl groups is 1. The van der Waals surface area contributed by atoms with Crippen molar-refractivity contribution in [3.63, 3.8) is 0 Å². The van der Waals surface area contributed by atoms with Crippen LogP contribution in [0.3, 0.4) is 0 Å². The minimum absolute atomic E-state index is 0.340. The maximum absolute atomic E-state index is 10.7. The van der Waals surface area contributed by atoms with E-state index >= 15 is 0 Å². The zero-order valence-electron chi connectivity index (χ0n) is 12.4. The van der Waals surface area contributed by atoms with Gasteiger partial charge in [-0.1, -0.05) is 13.0 Å². The number of piperidine rings is 1. The van der Waals surface area contributed by atoms with E-state index < -0.39 is 0 Å². The Balaban J connectivity index is 1.80. The summed E-state index contributed by atoms with van der Waals surface area (Å²) in [6, 6.07) is 6.54. The number of nitrogens with one attached hydrogen (secondary N) is 1. The van der Waals surface area contributed by atoms with E-state index in [0.29, 0.717) is 12.0 Å². The SMILES string of the molecule is COc1ccc2c(c1)CCC(C1CC(C)CCN1)C2O. The van der Waals surface area contributed by atoms with E-state index in [9.17, 15) is 5.11 Å². The largest absolute Gasteiger partial charge is 0.497 e. The lowest BCUT2D eigenvalue weighted by atomic mass is 9.74. The first kappa shape index (κ1) is 13.9. The lowest BCUT2D eigenvalue weighted by Gasteiger charge is -2.39. The summed E-state index contributed by atoms with van der Waals surface area (Å²) in [4.78, 5) is 0. The molecule has 2 aliphatic rings. The number of benzene rings is 1. The highest BCUT2D eigenvalue weighted by Crippen LogP contribution is 2.39. The van der Waals surface area contributed by atoms with Gasteiger partial charge in [-0.25, -0.2) is 0 Å². The summed E-state index contributed by atoms with van der Waals surface area (Å²) in [5.74, 6) is 2.00. The Hall–Kier alpha value is -1.06. The van der Waals surface area contributed by atoms with Gasteiger partial charge < -0.3 is 15.2 Å². The van der Waals surface area contributed by atoms with E-state index in [2.05, 4.69) is 18.3 Å². The molecule has 1 aliphatic heterocycles. The van der Waals surface area contributed by atoms with Crippen molar-refractivity contribution in [3.8, 4) is 5.75 Å². The summed E-state index contributed by atoms with van der Waals surface area (Å²) in [6.45, 7) is 3.41. The molecule has 0 saturated carbocycles. The topological polar surface area (TPSA) is 41.5 Å². The van der Waals surface area contributed by atoms with Crippen LogP contribution in [0.4, 0.5) is 0 Å². The number of aryl methyl sites for hydroxylation is 1. The van der Waals surface area contributed by atoms with E-state index in [1.807, 2.05) is 12.1 Å². The first-order valence-corrected chi connectivity index (χ1v) is 7.77. The average molecular weight is 275 g/mol. The standard InChI is InChI=1S/C17H25NO2/c1-11-7-8-18-16(9-11)15-5-3-12-10-13(20-2)4-6-14(12)17(15)19/h4,6,10-11,15-19H,3,5,7-9H2,1-2H3. The summed E-state index contributed by atoms with van der Waals surface area (Å²) in [6.07, 6.45) is 4.21. The normalized spacial score (nSPS) is 33.5. The number of fused-ring (bicyclic) bond motifs is 1. The number of hydrogen-bond donors (Lipinski definition) is 2.